The average molecular weight is 434 g/mol. The fraction of sp³-hybridized carbons (Fsp3) is 0.571. The van der Waals surface area contributed by atoms with Gasteiger partial charge in [0, 0.05) is 26.6 Å². The molecular formula is C21H27FN4O5. The largest absolute Gasteiger partial charge is 0.453 e. The van der Waals surface area contributed by atoms with E-state index in [0.29, 0.717) is 31.0 Å². The topological polar surface area (TPSA) is 91.4 Å². The van der Waals surface area contributed by atoms with Crippen molar-refractivity contribution in [1.82, 2.24) is 10.2 Å². The molecule has 10 heteroatoms. The van der Waals surface area contributed by atoms with Crippen LogP contribution in [0.15, 0.2) is 18.2 Å². The van der Waals surface area contributed by atoms with Gasteiger partial charge in [0.2, 0.25) is 5.91 Å². The van der Waals surface area contributed by atoms with E-state index in [9.17, 15) is 14.4 Å². The van der Waals surface area contributed by atoms with Gasteiger partial charge in [-0.25, -0.2) is 14.0 Å². The van der Waals surface area contributed by atoms with Crippen LogP contribution in [0.2, 0.25) is 0 Å². The molecule has 0 aliphatic carbocycles. The van der Waals surface area contributed by atoms with Crippen molar-refractivity contribution >= 4 is 29.5 Å². The molecule has 3 saturated heterocycles. The lowest BCUT2D eigenvalue weighted by atomic mass is 9.92. The molecule has 9 nitrogen and oxygen atoms in total. The number of nitrogens with zero attached hydrogens (tertiary/aromatic N) is 3. The van der Waals surface area contributed by atoms with Crippen molar-refractivity contribution in [1.29, 1.82) is 0 Å². The number of methoxy groups -OCH3 is 1. The summed E-state index contributed by atoms with van der Waals surface area (Å²) in [6.07, 6.45) is 0.508. The first-order valence-electron chi connectivity index (χ1n) is 10.5. The monoisotopic (exact) mass is 434 g/mol. The molecule has 0 saturated carbocycles. The van der Waals surface area contributed by atoms with E-state index in [-0.39, 0.29) is 37.0 Å². The van der Waals surface area contributed by atoms with Gasteiger partial charge in [0.15, 0.2) is 0 Å². The normalized spacial score (nSPS) is 25.3. The minimum absolute atomic E-state index is 0.00312. The van der Waals surface area contributed by atoms with Gasteiger partial charge in [-0.15, -0.1) is 0 Å². The number of hydrogen-bond acceptors (Lipinski definition) is 6. The van der Waals surface area contributed by atoms with Crippen LogP contribution >= 0.6 is 0 Å². The van der Waals surface area contributed by atoms with Crippen molar-refractivity contribution in [3.63, 3.8) is 0 Å². The maximum atomic E-state index is 15.1. The van der Waals surface area contributed by atoms with Gasteiger partial charge < -0.3 is 24.6 Å². The SMILES string of the molecule is COC(=O)N1CCCC2CN(c3ccc(N4CC(CNC(C)=O)OC4=O)cc3F)C[C@@H]21. The van der Waals surface area contributed by atoms with Crippen molar-refractivity contribution in [2.75, 3.05) is 49.6 Å². The zero-order valence-corrected chi connectivity index (χ0v) is 17.7. The van der Waals surface area contributed by atoms with Gasteiger partial charge >= 0.3 is 12.2 Å². The van der Waals surface area contributed by atoms with Crippen LogP contribution in [0.4, 0.5) is 25.4 Å². The van der Waals surface area contributed by atoms with E-state index in [1.54, 1.807) is 17.0 Å². The first kappa shape index (κ1) is 21.2. The van der Waals surface area contributed by atoms with Gasteiger partial charge in [0.25, 0.3) is 0 Å². The number of likely N-dealkylation sites (tertiary alicyclic amines) is 1. The highest BCUT2D eigenvalue weighted by molar-refractivity contribution is 5.90. The molecule has 0 aromatic heterocycles. The Labute approximate surface area is 180 Å². The summed E-state index contributed by atoms with van der Waals surface area (Å²) in [7, 11) is 1.38. The van der Waals surface area contributed by atoms with Crippen LogP contribution in [0, 0.1) is 11.7 Å². The quantitative estimate of drug-likeness (QED) is 0.779. The van der Waals surface area contributed by atoms with Gasteiger partial charge in [0.05, 0.1) is 37.6 Å². The number of rotatable bonds is 4. The standard InChI is InChI=1S/C21H27FN4O5/c1-13(27)23-9-16-11-26(21(29)31-16)15-5-6-18(17(22)8-15)24-10-14-4-3-7-25(19(14)12-24)20(28)30-2/h5-6,8,14,16,19H,3-4,7,9-12H2,1-2H3,(H,23,27)/t14?,16?,19-/m0/s1. The van der Waals surface area contributed by atoms with E-state index in [4.69, 9.17) is 9.47 Å². The summed E-state index contributed by atoms with van der Waals surface area (Å²) < 4.78 is 25.2. The molecule has 2 unspecified atom stereocenters. The summed E-state index contributed by atoms with van der Waals surface area (Å²) in [6.45, 7) is 3.70. The minimum atomic E-state index is -0.566. The van der Waals surface area contributed by atoms with E-state index in [0.717, 1.165) is 12.8 Å². The zero-order valence-electron chi connectivity index (χ0n) is 17.7. The lowest BCUT2D eigenvalue weighted by Gasteiger charge is -2.35. The van der Waals surface area contributed by atoms with Gasteiger partial charge in [0.1, 0.15) is 11.9 Å². The Morgan fingerprint density at radius 1 is 1.29 bits per heavy atom. The summed E-state index contributed by atoms with van der Waals surface area (Å²) >= 11 is 0. The predicted molar refractivity (Wildman–Crippen MR) is 111 cm³/mol. The van der Waals surface area contributed by atoms with E-state index in [2.05, 4.69) is 5.32 Å². The Morgan fingerprint density at radius 2 is 2.10 bits per heavy atom. The van der Waals surface area contributed by atoms with Gasteiger partial charge in [-0.3, -0.25) is 9.69 Å². The lowest BCUT2D eigenvalue weighted by molar-refractivity contribution is -0.119. The van der Waals surface area contributed by atoms with Gasteiger partial charge in [-0.2, -0.15) is 0 Å². The van der Waals surface area contributed by atoms with Crippen molar-refractivity contribution in [2.45, 2.75) is 31.9 Å². The number of cyclic esters (lactones) is 1. The van der Waals surface area contributed by atoms with Crippen LogP contribution in [0.25, 0.3) is 0 Å². The molecule has 1 aromatic rings. The number of ether oxygens (including phenoxy) is 2. The summed E-state index contributed by atoms with van der Waals surface area (Å²) in [4.78, 5) is 40.4. The molecule has 0 spiro atoms. The third-order valence-corrected chi connectivity index (χ3v) is 6.23. The third-order valence-electron chi connectivity index (χ3n) is 6.23. The van der Waals surface area contributed by atoms with E-state index in [1.807, 2.05) is 4.90 Å². The number of amides is 3. The molecule has 3 aliphatic heterocycles. The number of carbonyl (C=O) groups is 3. The van der Waals surface area contributed by atoms with Crippen LogP contribution in [0.5, 0.6) is 0 Å². The first-order valence-corrected chi connectivity index (χ1v) is 10.5. The molecule has 4 rings (SSSR count). The summed E-state index contributed by atoms with van der Waals surface area (Å²) in [6, 6.07) is 4.69. The Bertz CT molecular complexity index is 881. The number of nitrogens with one attached hydrogen (secondary N) is 1. The fourth-order valence-corrected chi connectivity index (χ4v) is 4.74. The third kappa shape index (κ3) is 4.24. The number of fused-ring (bicyclic) bond motifs is 1. The van der Waals surface area contributed by atoms with E-state index in [1.165, 1.54) is 25.0 Å². The van der Waals surface area contributed by atoms with Crippen LogP contribution in [-0.4, -0.2) is 75.0 Å². The van der Waals surface area contributed by atoms with Crippen LogP contribution in [0.1, 0.15) is 19.8 Å². The number of carbonyl (C=O) groups excluding carboxylic acids is 3. The molecule has 3 aliphatic rings. The molecule has 31 heavy (non-hydrogen) atoms. The second kappa shape index (κ2) is 8.60. The summed E-state index contributed by atoms with van der Waals surface area (Å²) in [5, 5.41) is 2.62. The van der Waals surface area contributed by atoms with Crippen molar-refractivity contribution in [2.24, 2.45) is 5.92 Å². The maximum Gasteiger partial charge on any atom is 0.414 e. The summed E-state index contributed by atoms with van der Waals surface area (Å²) in [5.74, 6) is -0.365. The van der Waals surface area contributed by atoms with Gasteiger partial charge in [-0.05, 0) is 37.0 Å². The zero-order chi connectivity index (χ0) is 22.1. The fourth-order valence-electron chi connectivity index (χ4n) is 4.74. The Morgan fingerprint density at radius 3 is 2.81 bits per heavy atom. The second-order valence-corrected chi connectivity index (χ2v) is 8.23. The van der Waals surface area contributed by atoms with E-state index < -0.39 is 18.0 Å². The van der Waals surface area contributed by atoms with Crippen LogP contribution in [0.3, 0.4) is 0 Å². The number of halogens is 1. The highest BCUT2D eigenvalue weighted by Gasteiger charge is 2.42. The maximum absolute atomic E-state index is 15.1. The molecule has 1 N–H and O–H groups in total. The number of anilines is 2. The molecule has 3 atom stereocenters. The first-order chi connectivity index (χ1) is 14.9. The molecule has 3 heterocycles. The molecule has 1 aromatic carbocycles. The molecule has 3 fully saturated rings. The smallest absolute Gasteiger partial charge is 0.414 e. The lowest BCUT2D eigenvalue weighted by Crippen LogP contribution is -2.48. The van der Waals surface area contributed by atoms with Crippen LogP contribution < -0.4 is 15.1 Å². The highest BCUT2D eigenvalue weighted by atomic mass is 19.1. The molecule has 3 amide bonds. The Hall–Kier alpha value is -3.04. The Kier molecular flexibility index (Phi) is 5.88. The number of piperidine rings is 1. The Balaban J connectivity index is 1.45. The predicted octanol–water partition coefficient (Wildman–Crippen LogP) is 1.95. The molecule has 0 bridgehead atoms. The van der Waals surface area contributed by atoms with Crippen molar-refractivity contribution < 1.29 is 28.2 Å². The minimum Gasteiger partial charge on any atom is -0.453 e. The molecule has 168 valence electrons. The molecule has 0 radical (unpaired) electrons. The average Bonchev–Trinajstić information content (AvgIpc) is 3.34. The number of benzene rings is 1. The van der Waals surface area contributed by atoms with Crippen molar-refractivity contribution in [3.8, 4) is 0 Å². The van der Waals surface area contributed by atoms with Gasteiger partial charge in [-0.1, -0.05) is 0 Å². The second-order valence-electron chi connectivity index (χ2n) is 8.23. The highest BCUT2D eigenvalue weighted by Crippen LogP contribution is 2.36. The molecular weight excluding hydrogens is 407 g/mol. The number of hydrogen-bond donors (Lipinski definition) is 1. The summed E-state index contributed by atoms with van der Waals surface area (Å²) in [5.41, 5.74) is 0.856. The van der Waals surface area contributed by atoms with Crippen LogP contribution in [-0.2, 0) is 14.3 Å². The van der Waals surface area contributed by atoms with E-state index >= 15 is 4.39 Å². The van der Waals surface area contributed by atoms with Crippen molar-refractivity contribution in [3.05, 3.63) is 24.0 Å².